The number of esters is 1. The van der Waals surface area contributed by atoms with Gasteiger partial charge >= 0.3 is 12.0 Å². The standard InChI is InChI=1S/C15H19BrN2O4S/c1-9-12(14(19)22-6-5-21-4)13(11-7-10(16)8-23-11)18(3)15(20)17(9)2/h7-8,13H,5-6H2,1-4H3/t13-/m1/s1. The lowest BCUT2D eigenvalue weighted by Crippen LogP contribution is -2.47. The molecule has 0 unspecified atom stereocenters. The summed E-state index contributed by atoms with van der Waals surface area (Å²) in [6.45, 7) is 2.26. The molecule has 0 radical (unpaired) electrons. The highest BCUT2D eigenvalue weighted by molar-refractivity contribution is 9.10. The van der Waals surface area contributed by atoms with Gasteiger partial charge in [0.05, 0.1) is 12.2 Å². The van der Waals surface area contributed by atoms with Crippen LogP contribution in [0, 0.1) is 0 Å². The van der Waals surface area contributed by atoms with Crippen molar-refractivity contribution in [2.45, 2.75) is 13.0 Å². The number of rotatable bonds is 5. The van der Waals surface area contributed by atoms with Crippen molar-refractivity contribution in [1.29, 1.82) is 0 Å². The molecule has 23 heavy (non-hydrogen) atoms. The Morgan fingerprint density at radius 2 is 2.09 bits per heavy atom. The molecule has 2 heterocycles. The molecule has 2 amide bonds. The maximum atomic E-state index is 12.6. The molecule has 1 aliphatic rings. The van der Waals surface area contributed by atoms with E-state index < -0.39 is 12.0 Å². The van der Waals surface area contributed by atoms with Crippen LogP contribution in [0.4, 0.5) is 4.79 Å². The predicted molar refractivity (Wildman–Crippen MR) is 91.2 cm³/mol. The molecule has 0 aromatic carbocycles. The second-order valence-electron chi connectivity index (χ2n) is 5.15. The Balaban J connectivity index is 2.42. The summed E-state index contributed by atoms with van der Waals surface area (Å²) < 4.78 is 11.1. The second-order valence-corrected chi connectivity index (χ2v) is 7.01. The molecule has 8 heteroatoms. The highest BCUT2D eigenvalue weighted by Crippen LogP contribution is 2.39. The number of halogens is 1. The quantitative estimate of drug-likeness (QED) is 0.560. The summed E-state index contributed by atoms with van der Waals surface area (Å²) in [6, 6.07) is 1.30. The van der Waals surface area contributed by atoms with Gasteiger partial charge in [0, 0.05) is 41.6 Å². The van der Waals surface area contributed by atoms with Crippen LogP contribution in [0.15, 0.2) is 27.2 Å². The first kappa shape index (κ1) is 18.0. The molecule has 0 bridgehead atoms. The third-order valence-corrected chi connectivity index (χ3v) is 5.49. The van der Waals surface area contributed by atoms with Crippen molar-refractivity contribution in [3.8, 4) is 0 Å². The number of carbonyl (C=O) groups is 2. The average Bonchev–Trinajstić information content (AvgIpc) is 2.94. The number of hydrogen-bond donors (Lipinski definition) is 0. The van der Waals surface area contributed by atoms with Gasteiger partial charge in [0.1, 0.15) is 12.6 Å². The number of methoxy groups -OCH3 is 1. The minimum absolute atomic E-state index is 0.162. The molecular weight excluding hydrogens is 384 g/mol. The van der Waals surface area contributed by atoms with Crippen LogP contribution in [-0.2, 0) is 14.3 Å². The zero-order chi connectivity index (χ0) is 17.1. The molecule has 0 aliphatic carbocycles. The molecule has 1 atom stereocenters. The number of thiophene rings is 1. The van der Waals surface area contributed by atoms with Crippen molar-refractivity contribution in [2.75, 3.05) is 34.4 Å². The van der Waals surface area contributed by atoms with E-state index in [9.17, 15) is 9.59 Å². The van der Waals surface area contributed by atoms with E-state index in [4.69, 9.17) is 9.47 Å². The molecule has 1 aromatic heterocycles. The largest absolute Gasteiger partial charge is 0.460 e. The minimum atomic E-state index is -0.454. The van der Waals surface area contributed by atoms with Gasteiger partial charge in [0.25, 0.3) is 0 Å². The number of amides is 2. The van der Waals surface area contributed by atoms with Crippen LogP contribution >= 0.6 is 27.3 Å². The van der Waals surface area contributed by atoms with Crippen molar-refractivity contribution in [3.05, 3.63) is 32.1 Å². The summed E-state index contributed by atoms with van der Waals surface area (Å²) in [7, 11) is 4.88. The van der Waals surface area contributed by atoms with Crippen LogP contribution in [0.5, 0.6) is 0 Å². The number of likely N-dealkylation sites (N-methyl/N-ethyl adjacent to an activating group) is 1. The Labute approximate surface area is 147 Å². The lowest BCUT2D eigenvalue weighted by Gasteiger charge is -2.38. The topological polar surface area (TPSA) is 59.1 Å². The summed E-state index contributed by atoms with van der Waals surface area (Å²) in [4.78, 5) is 28.9. The molecule has 0 saturated heterocycles. The lowest BCUT2D eigenvalue weighted by molar-refractivity contribution is -0.141. The fourth-order valence-electron chi connectivity index (χ4n) is 2.42. The SMILES string of the molecule is COCCOC(=O)C1=C(C)N(C)C(=O)N(C)[C@@H]1c1cc(Br)cs1. The van der Waals surface area contributed by atoms with Crippen LogP contribution in [0.25, 0.3) is 0 Å². The molecule has 0 fully saturated rings. The van der Waals surface area contributed by atoms with Gasteiger partial charge in [-0.05, 0) is 28.9 Å². The van der Waals surface area contributed by atoms with Crippen LogP contribution in [0.1, 0.15) is 17.8 Å². The summed E-state index contributed by atoms with van der Waals surface area (Å²) in [5, 5.41) is 1.93. The molecule has 6 nitrogen and oxygen atoms in total. The van der Waals surface area contributed by atoms with Gasteiger partial charge in [0.15, 0.2) is 0 Å². The van der Waals surface area contributed by atoms with E-state index >= 15 is 0 Å². The van der Waals surface area contributed by atoms with Gasteiger partial charge in [-0.3, -0.25) is 0 Å². The first-order valence-electron chi connectivity index (χ1n) is 6.99. The minimum Gasteiger partial charge on any atom is -0.460 e. The van der Waals surface area contributed by atoms with Crippen molar-refractivity contribution in [2.24, 2.45) is 0 Å². The second kappa shape index (κ2) is 7.46. The maximum absolute atomic E-state index is 12.6. The molecule has 126 valence electrons. The normalized spacial score (nSPS) is 18.7. The van der Waals surface area contributed by atoms with Crippen molar-refractivity contribution in [3.63, 3.8) is 0 Å². The lowest BCUT2D eigenvalue weighted by atomic mass is 9.99. The number of hydrogen-bond acceptors (Lipinski definition) is 5. The van der Waals surface area contributed by atoms with Crippen molar-refractivity contribution >= 4 is 39.3 Å². The van der Waals surface area contributed by atoms with Crippen LogP contribution in [-0.4, -0.2) is 56.2 Å². The Bertz CT molecular complexity index is 643. The van der Waals surface area contributed by atoms with Gasteiger partial charge < -0.3 is 19.3 Å². The van der Waals surface area contributed by atoms with E-state index in [1.54, 1.807) is 33.0 Å². The summed E-state index contributed by atoms with van der Waals surface area (Å²) in [6.07, 6.45) is 0. The van der Waals surface area contributed by atoms with Gasteiger partial charge in [0.2, 0.25) is 0 Å². The average molecular weight is 403 g/mol. The fourth-order valence-corrected chi connectivity index (χ4v) is 4.02. The van der Waals surface area contributed by atoms with E-state index in [0.29, 0.717) is 17.9 Å². The zero-order valence-electron chi connectivity index (χ0n) is 13.5. The van der Waals surface area contributed by atoms with E-state index in [1.165, 1.54) is 16.2 Å². The predicted octanol–water partition coefficient (Wildman–Crippen LogP) is 3.01. The monoisotopic (exact) mass is 402 g/mol. The molecule has 0 N–H and O–H groups in total. The van der Waals surface area contributed by atoms with Crippen molar-refractivity contribution in [1.82, 2.24) is 9.80 Å². The Kier molecular flexibility index (Phi) is 5.83. The molecule has 0 spiro atoms. The smallest absolute Gasteiger partial charge is 0.338 e. The van der Waals surface area contributed by atoms with Crippen LogP contribution < -0.4 is 0 Å². The fraction of sp³-hybridized carbons (Fsp3) is 0.467. The van der Waals surface area contributed by atoms with Crippen LogP contribution in [0.3, 0.4) is 0 Å². The Morgan fingerprint density at radius 1 is 1.39 bits per heavy atom. The first-order chi connectivity index (χ1) is 10.9. The summed E-state index contributed by atoms with van der Waals surface area (Å²) >= 11 is 4.91. The summed E-state index contributed by atoms with van der Waals surface area (Å²) in [5.41, 5.74) is 1.07. The number of nitrogens with zero attached hydrogens (tertiary/aromatic N) is 2. The zero-order valence-corrected chi connectivity index (χ0v) is 15.9. The number of carbonyl (C=O) groups excluding carboxylic acids is 2. The highest BCUT2D eigenvalue weighted by Gasteiger charge is 2.39. The van der Waals surface area contributed by atoms with Gasteiger partial charge in [-0.15, -0.1) is 11.3 Å². The van der Waals surface area contributed by atoms with Gasteiger partial charge in [-0.2, -0.15) is 0 Å². The molecule has 0 saturated carbocycles. The Morgan fingerprint density at radius 3 is 2.65 bits per heavy atom. The van der Waals surface area contributed by atoms with E-state index in [0.717, 1.165) is 9.35 Å². The molecule has 1 aromatic rings. The first-order valence-corrected chi connectivity index (χ1v) is 8.67. The van der Waals surface area contributed by atoms with Gasteiger partial charge in [-0.1, -0.05) is 0 Å². The molecular formula is C15H19BrN2O4S. The van der Waals surface area contributed by atoms with Crippen LogP contribution in [0.2, 0.25) is 0 Å². The maximum Gasteiger partial charge on any atom is 0.338 e. The molecule has 1 aliphatic heterocycles. The van der Waals surface area contributed by atoms with Crippen molar-refractivity contribution < 1.29 is 19.1 Å². The number of allylic oxidation sites excluding steroid dienone is 1. The third kappa shape index (κ3) is 3.59. The van der Waals surface area contributed by atoms with E-state index in [1.807, 2.05) is 11.4 Å². The van der Waals surface area contributed by atoms with Gasteiger partial charge in [-0.25, -0.2) is 9.59 Å². The summed E-state index contributed by atoms with van der Waals surface area (Å²) in [5.74, 6) is -0.430. The Hall–Kier alpha value is -1.38. The van der Waals surface area contributed by atoms with E-state index in [-0.39, 0.29) is 12.6 Å². The highest BCUT2D eigenvalue weighted by atomic mass is 79.9. The number of urea groups is 1. The third-order valence-electron chi connectivity index (χ3n) is 3.74. The molecule has 2 rings (SSSR count). The van der Waals surface area contributed by atoms with E-state index in [2.05, 4.69) is 15.9 Å². The number of ether oxygens (including phenoxy) is 2.